The fraction of sp³-hybridized carbons (Fsp3) is 0.208. The lowest BCUT2D eigenvalue weighted by Crippen LogP contribution is -2.40. The maximum atomic E-state index is 13.5. The number of hydrogen-bond acceptors (Lipinski definition) is 4. The van der Waals surface area contributed by atoms with Gasteiger partial charge < -0.3 is 19.1 Å². The summed E-state index contributed by atoms with van der Waals surface area (Å²) in [5, 5.41) is 0. The Morgan fingerprint density at radius 2 is 1.53 bits per heavy atom. The highest BCUT2D eigenvalue weighted by atomic mass is 31.2. The quantitative estimate of drug-likeness (QED) is 0.430. The Labute approximate surface area is 197 Å². The molecule has 0 bridgehead atoms. The molecule has 0 heterocycles. The van der Waals surface area contributed by atoms with E-state index in [1.54, 1.807) is 55.4 Å². The Hall–Kier alpha value is -3.39. The summed E-state index contributed by atoms with van der Waals surface area (Å²) in [6.07, 6.45) is 0. The van der Waals surface area contributed by atoms with Crippen LogP contribution in [0.5, 0.6) is 11.5 Å². The third-order valence-corrected chi connectivity index (χ3v) is 5.26. The van der Waals surface area contributed by atoms with Crippen molar-refractivity contribution < 1.29 is 32.8 Å². The minimum Gasteiger partial charge on any atom is -0.492 e. The maximum Gasteiger partial charge on any atom is 0.524 e. The Morgan fingerprint density at radius 1 is 0.941 bits per heavy atom. The van der Waals surface area contributed by atoms with Gasteiger partial charge in [-0.05, 0) is 53.1 Å². The van der Waals surface area contributed by atoms with E-state index in [2.05, 4.69) is 4.52 Å². The standard InChI is InChI=1S/C24H26FN2O6P/c1-26(2)24(28)27(17-18-4-3-5-21(25)16-18)14-15-32-22-10-6-19(7-11-22)20-8-12-23(13-9-20)33-34(29,30)31/h3-13,16H,14-15,17H2,1-2H3,(H2,29,30,31). The molecule has 2 amide bonds. The summed E-state index contributed by atoms with van der Waals surface area (Å²) in [5.74, 6) is 0.343. The molecule has 34 heavy (non-hydrogen) atoms. The average molecular weight is 488 g/mol. The molecule has 0 radical (unpaired) electrons. The lowest BCUT2D eigenvalue weighted by atomic mass is 10.1. The topological polar surface area (TPSA) is 99.5 Å². The van der Waals surface area contributed by atoms with E-state index in [9.17, 15) is 13.8 Å². The Morgan fingerprint density at radius 3 is 2.06 bits per heavy atom. The summed E-state index contributed by atoms with van der Waals surface area (Å²) < 4.78 is 34.8. The van der Waals surface area contributed by atoms with Crippen LogP contribution < -0.4 is 9.26 Å². The SMILES string of the molecule is CN(C)C(=O)N(CCOc1ccc(-c2ccc(OP(=O)(O)O)cc2)cc1)Cc1cccc(F)c1. The van der Waals surface area contributed by atoms with Crippen LogP contribution in [0.2, 0.25) is 0 Å². The number of ether oxygens (including phenoxy) is 1. The van der Waals surface area contributed by atoms with Gasteiger partial charge in [0.2, 0.25) is 0 Å². The third kappa shape index (κ3) is 7.59. The van der Waals surface area contributed by atoms with Crippen LogP contribution in [0.15, 0.2) is 72.8 Å². The van der Waals surface area contributed by atoms with E-state index >= 15 is 0 Å². The lowest BCUT2D eigenvalue weighted by molar-refractivity contribution is 0.155. The summed E-state index contributed by atoms with van der Waals surface area (Å²) in [4.78, 5) is 33.3. The minimum absolute atomic E-state index is 0.0760. The van der Waals surface area contributed by atoms with Gasteiger partial charge in [-0.25, -0.2) is 13.8 Å². The maximum absolute atomic E-state index is 13.5. The number of halogens is 1. The molecule has 3 rings (SSSR count). The number of urea groups is 1. The van der Waals surface area contributed by atoms with Crippen molar-refractivity contribution in [2.75, 3.05) is 27.2 Å². The molecule has 0 aliphatic rings. The van der Waals surface area contributed by atoms with E-state index < -0.39 is 7.82 Å². The van der Waals surface area contributed by atoms with Crippen LogP contribution in [-0.2, 0) is 11.1 Å². The van der Waals surface area contributed by atoms with Gasteiger partial charge in [-0.15, -0.1) is 0 Å². The summed E-state index contributed by atoms with van der Waals surface area (Å²) >= 11 is 0. The molecule has 0 fully saturated rings. The third-order valence-electron chi connectivity index (χ3n) is 4.81. The first-order chi connectivity index (χ1) is 16.1. The second kappa shape index (κ2) is 11.2. The molecule has 3 aromatic rings. The van der Waals surface area contributed by atoms with Crippen molar-refractivity contribution in [3.8, 4) is 22.6 Å². The van der Waals surface area contributed by atoms with E-state index in [1.165, 1.54) is 29.2 Å². The predicted molar refractivity (Wildman–Crippen MR) is 126 cm³/mol. The highest BCUT2D eigenvalue weighted by Crippen LogP contribution is 2.38. The summed E-state index contributed by atoms with van der Waals surface area (Å²) in [5.41, 5.74) is 2.41. The number of benzene rings is 3. The molecule has 8 nitrogen and oxygen atoms in total. The Bertz CT molecular complexity index is 1150. The van der Waals surface area contributed by atoms with Gasteiger partial charge >= 0.3 is 13.9 Å². The first-order valence-corrected chi connectivity index (χ1v) is 11.9. The number of phosphoric acid groups is 1. The summed E-state index contributed by atoms with van der Waals surface area (Å²) in [6, 6.07) is 19.6. The molecule has 0 atom stereocenters. The van der Waals surface area contributed by atoms with E-state index in [0.717, 1.165) is 11.1 Å². The van der Waals surface area contributed by atoms with Crippen LogP contribution in [-0.4, -0.2) is 52.9 Å². The van der Waals surface area contributed by atoms with Crippen molar-refractivity contribution in [2.45, 2.75) is 6.54 Å². The number of carbonyl (C=O) groups is 1. The van der Waals surface area contributed by atoms with Gasteiger partial charge in [-0.1, -0.05) is 36.4 Å². The number of nitrogens with zero attached hydrogens (tertiary/aromatic N) is 2. The van der Waals surface area contributed by atoms with Crippen LogP contribution in [0.1, 0.15) is 5.56 Å². The molecule has 3 aromatic carbocycles. The van der Waals surface area contributed by atoms with Crippen molar-refractivity contribution in [1.29, 1.82) is 0 Å². The minimum atomic E-state index is -4.59. The zero-order valence-electron chi connectivity index (χ0n) is 18.8. The van der Waals surface area contributed by atoms with Gasteiger partial charge in [-0.2, -0.15) is 0 Å². The molecule has 0 aromatic heterocycles. The van der Waals surface area contributed by atoms with Crippen LogP contribution in [0.3, 0.4) is 0 Å². The number of hydrogen-bond donors (Lipinski definition) is 2. The predicted octanol–water partition coefficient (Wildman–Crippen LogP) is 4.53. The molecule has 0 saturated carbocycles. The first-order valence-electron chi connectivity index (χ1n) is 10.4. The molecule has 0 aliphatic carbocycles. The fourth-order valence-electron chi connectivity index (χ4n) is 3.24. The van der Waals surface area contributed by atoms with Gasteiger partial charge in [0.1, 0.15) is 23.9 Å². The number of phosphoric ester groups is 1. The molecule has 10 heteroatoms. The normalized spacial score (nSPS) is 11.1. The Kier molecular flexibility index (Phi) is 8.28. The molecule has 0 spiro atoms. The Balaban J connectivity index is 1.58. The molecule has 0 saturated heterocycles. The largest absolute Gasteiger partial charge is 0.524 e. The van der Waals surface area contributed by atoms with Crippen molar-refractivity contribution in [3.05, 3.63) is 84.2 Å². The second-order valence-corrected chi connectivity index (χ2v) is 8.87. The van der Waals surface area contributed by atoms with Crippen LogP contribution >= 0.6 is 7.82 Å². The highest BCUT2D eigenvalue weighted by molar-refractivity contribution is 7.46. The monoisotopic (exact) mass is 488 g/mol. The molecular weight excluding hydrogens is 462 g/mol. The molecule has 0 aliphatic heterocycles. The number of carbonyl (C=O) groups excluding carboxylic acids is 1. The molecular formula is C24H26FN2O6P. The molecule has 180 valence electrons. The molecule has 2 N–H and O–H groups in total. The molecule has 0 unspecified atom stereocenters. The van der Waals surface area contributed by atoms with Crippen LogP contribution in [0, 0.1) is 5.82 Å². The highest BCUT2D eigenvalue weighted by Gasteiger charge is 2.17. The summed E-state index contributed by atoms with van der Waals surface area (Å²) in [6.45, 7) is 0.831. The van der Waals surface area contributed by atoms with Crippen molar-refractivity contribution in [2.24, 2.45) is 0 Å². The average Bonchev–Trinajstić information content (AvgIpc) is 2.78. The fourth-order valence-corrected chi connectivity index (χ4v) is 3.64. The van der Waals surface area contributed by atoms with E-state index in [4.69, 9.17) is 14.5 Å². The van der Waals surface area contributed by atoms with E-state index in [0.29, 0.717) is 17.9 Å². The van der Waals surface area contributed by atoms with Gasteiger partial charge in [0.05, 0.1) is 6.54 Å². The van der Waals surface area contributed by atoms with Gasteiger partial charge in [0.25, 0.3) is 0 Å². The first kappa shape index (κ1) is 25.2. The zero-order valence-corrected chi connectivity index (χ0v) is 19.7. The van der Waals surface area contributed by atoms with Gasteiger partial charge in [-0.3, -0.25) is 9.79 Å². The smallest absolute Gasteiger partial charge is 0.492 e. The summed E-state index contributed by atoms with van der Waals surface area (Å²) in [7, 11) is -1.28. The van der Waals surface area contributed by atoms with E-state index in [1.807, 2.05) is 12.1 Å². The zero-order chi connectivity index (χ0) is 24.7. The van der Waals surface area contributed by atoms with Crippen LogP contribution in [0.25, 0.3) is 11.1 Å². The van der Waals surface area contributed by atoms with Gasteiger partial charge in [0.15, 0.2) is 0 Å². The number of rotatable bonds is 9. The van der Waals surface area contributed by atoms with Crippen molar-refractivity contribution in [3.63, 3.8) is 0 Å². The van der Waals surface area contributed by atoms with Crippen molar-refractivity contribution in [1.82, 2.24) is 9.80 Å². The van der Waals surface area contributed by atoms with Crippen LogP contribution in [0.4, 0.5) is 9.18 Å². The number of amides is 2. The van der Waals surface area contributed by atoms with Crippen molar-refractivity contribution >= 4 is 13.9 Å². The van der Waals surface area contributed by atoms with E-state index in [-0.39, 0.29) is 30.7 Å². The van der Waals surface area contributed by atoms with Gasteiger partial charge in [0, 0.05) is 20.6 Å². The second-order valence-electron chi connectivity index (χ2n) is 7.71. The lowest BCUT2D eigenvalue weighted by Gasteiger charge is -2.26.